The van der Waals surface area contributed by atoms with Gasteiger partial charge in [0, 0.05) is 27.1 Å². The van der Waals surface area contributed by atoms with Crippen molar-refractivity contribution >= 4 is 22.9 Å². The molecule has 0 bridgehead atoms. The topological polar surface area (TPSA) is 86.6 Å². The van der Waals surface area contributed by atoms with Crippen LogP contribution in [0.2, 0.25) is 0 Å². The number of methoxy groups -OCH3 is 1. The Morgan fingerprint density at radius 2 is 1.83 bits per heavy atom. The van der Waals surface area contributed by atoms with Crippen molar-refractivity contribution < 1.29 is 19.1 Å². The predicted molar refractivity (Wildman–Crippen MR) is 112 cm³/mol. The molecule has 0 saturated carbocycles. The molecule has 0 spiro atoms. The summed E-state index contributed by atoms with van der Waals surface area (Å²) in [5, 5.41) is 8.23. The van der Waals surface area contributed by atoms with Gasteiger partial charge in [-0.05, 0) is 41.8 Å². The molecule has 0 N–H and O–H groups in total. The zero-order chi connectivity index (χ0) is 21.8. The molecule has 3 aromatic rings. The maximum Gasteiger partial charge on any atom is 0.306 e. The highest BCUT2D eigenvalue weighted by Crippen LogP contribution is 2.33. The van der Waals surface area contributed by atoms with Crippen molar-refractivity contribution in [2.45, 2.75) is 19.3 Å². The lowest BCUT2D eigenvalue weighted by Crippen LogP contribution is -2.27. The first-order valence-electron chi connectivity index (χ1n) is 9.59. The second-order valence-electron chi connectivity index (χ2n) is 7.40. The number of fused-ring (bicyclic) bond motifs is 1. The number of hydrogen-bond donors (Lipinski definition) is 0. The summed E-state index contributed by atoms with van der Waals surface area (Å²) in [6, 6.07) is 11.6. The van der Waals surface area contributed by atoms with Crippen LogP contribution in [0.4, 0.5) is 0 Å². The van der Waals surface area contributed by atoms with E-state index in [0.29, 0.717) is 5.75 Å². The van der Waals surface area contributed by atoms with Gasteiger partial charge in [-0.1, -0.05) is 23.4 Å². The van der Waals surface area contributed by atoms with Crippen molar-refractivity contribution in [3.8, 4) is 5.75 Å². The summed E-state index contributed by atoms with van der Waals surface area (Å²) in [5.41, 5.74) is 4.39. The minimum atomic E-state index is -0.315. The van der Waals surface area contributed by atoms with Gasteiger partial charge in [0.05, 0.1) is 19.0 Å². The Morgan fingerprint density at radius 3 is 2.53 bits per heavy atom. The first kappa shape index (κ1) is 21.3. The Morgan fingerprint density at radius 1 is 1.13 bits per heavy atom. The molecule has 1 amide bonds. The molecule has 0 aliphatic rings. The molecule has 1 heterocycles. The number of ether oxygens (including phenoxy) is 2. The van der Waals surface area contributed by atoms with Crippen LogP contribution < -0.4 is 4.74 Å². The molecule has 0 aliphatic heterocycles. The standard InChI is InChI=1S/C22H26N4O4/c1-14-6-7-16(11-20(14)30-13-21(27)25(2)3)17(12-22(28)29-5)15-8-9-19-18(10-15)23-24-26(19)4/h6-11,17H,12-13H2,1-5H3. The largest absolute Gasteiger partial charge is 0.483 e. The molecule has 0 saturated heterocycles. The van der Waals surface area contributed by atoms with Crippen molar-refractivity contribution in [2.75, 3.05) is 27.8 Å². The number of esters is 1. The van der Waals surface area contributed by atoms with Crippen LogP contribution in [0.5, 0.6) is 5.75 Å². The summed E-state index contributed by atoms with van der Waals surface area (Å²) in [5.74, 6) is -0.0846. The van der Waals surface area contributed by atoms with E-state index in [4.69, 9.17) is 9.47 Å². The van der Waals surface area contributed by atoms with Crippen LogP contribution in [0.15, 0.2) is 36.4 Å². The van der Waals surface area contributed by atoms with E-state index in [-0.39, 0.29) is 30.8 Å². The Labute approximate surface area is 175 Å². The van der Waals surface area contributed by atoms with Crippen LogP contribution >= 0.6 is 0 Å². The predicted octanol–water partition coefficient (Wildman–Crippen LogP) is 2.44. The first-order valence-corrected chi connectivity index (χ1v) is 9.59. The number of hydrogen-bond acceptors (Lipinski definition) is 6. The first-order chi connectivity index (χ1) is 14.3. The number of likely N-dealkylation sites (N-methyl/N-ethyl adjacent to an activating group) is 1. The van der Waals surface area contributed by atoms with E-state index in [1.54, 1.807) is 18.8 Å². The van der Waals surface area contributed by atoms with Crippen LogP contribution in [-0.4, -0.2) is 59.6 Å². The molecule has 158 valence electrons. The minimum absolute atomic E-state index is 0.0511. The molecule has 3 rings (SSSR count). The number of carbonyl (C=O) groups is 2. The molecule has 8 nitrogen and oxygen atoms in total. The van der Waals surface area contributed by atoms with E-state index in [1.807, 2.05) is 50.4 Å². The number of rotatable bonds is 7. The van der Waals surface area contributed by atoms with E-state index >= 15 is 0 Å². The quantitative estimate of drug-likeness (QED) is 0.556. The number of aryl methyl sites for hydroxylation is 2. The van der Waals surface area contributed by atoms with Gasteiger partial charge in [0.25, 0.3) is 5.91 Å². The smallest absolute Gasteiger partial charge is 0.306 e. The van der Waals surface area contributed by atoms with Gasteiger partial charge >= 0.3 is 5.97 Å². The fraction of sp³-hybridized carbons (Fsp3) is 0.364. The van der Waals surface area contributed by atoms with Gasteiger partial charge in [0.2, 0.25) is 0 Å². The van der Waals surface area contributed by atoms with E-state index in [0.717, 1.165) is 27.7 Å². The Kier molecular flexibility index (Phi) is 6.34. The number of aromatic nitrogens is 3. The van der Waals surface area contributed by atoms with E-state index in [9.17, 15) is 9.59 Å². The van der Waals surface area contributed by atoms with E-state index in [2.05, 4.69) is 10.3 Å². The highest BCUT2D eigenvalue weighted by Gasteiger charge is 2.21. The average Bonchev–Trinajstić information content (AvgIpc) is 3.11. The molecule has 1 atom stereocenters. The number of amides is 1. The highest BCUT2D eigenvalue weighted by molar-refractivity contribution is 5.77. The molecule has 1 aromatic heterocycles. The minimum Gasteiger partial charge on any atom is -0.483 e. The normalized spacial score (nSPS) is 11.9. The maximum atomic E-state index is 12.1. The third-order valence-corrected chi connectivity index (χ3v) is 5.10. The van der Waals surface area contributed by atoms with Gasteiger partial charge in [-0.3, -0.25) is 9.59 Å². The molecule has 2 aromatic carbocycles. The molecular formula is C22H26N4O4. The summed E-state index contributed by atoms with van der Waals surface area (Å²) < 4.78 is 12.4. The van der Waals surface area contributed by atoms with Crippen LogP contribution in [0.3, 0.4) is 0 Å². The maximum absolute atomic E-state index is 12.1. The van der Waals surface area contributed by atoms with Gasteiger partial charge in [-0.2, -0.15) is 0 Å². The van der Waals surface area contributed by atoms with Gasteiger partial charge in [-0.25, -0.2) is 4.68 Å². The lowest BCUT2D eigenvalue weighted by atomic mass is 9.87. The zero-order valence-corrected chi connectivity index (χ0v) is 17.9. The molecule has 0 aliphatic carbocycles. The Balaban J connectivity index is 1.97. The monoisotopic (exact) mass is 410 g/mol. The third kappa shape index (κ3) is 4.59. The molecule has 0 radical (unpaired) electrons. The number of carbonyl (C=O) groups excluding carboxylic acids is 2. The van der Waals surface area contributed by atoms with Crippen molar-refractivity contribution in [3.05, 3.63) is 53.1 Å². The molecule has 1 unspecified atom stereocenters. The lowest BCUT2D eigenvalue weighted by Gasteiger charge is -2.19. The van der Waals surface area contributed by atoms with Crippen molar-refractivity contribution in [3.63, 3.8) is 0 Å². The molecule has 30 heavy (non-hydrogen) atoms. The fourth-order valence-electron chi connectivity index (χ4n) is 3.21. The van der Waals surface area contributed by atoms with Crippen LogP contribution in [-0.2, 0) is 21.4 Å². The lowest BCUT2D eigenvalue weighted by molar-refractivity contribution is -0.140. The zero-order valence-electron chi connectivity index (χ0n) is 17.9. The van der Waals surface area contributed by atoms with Gasteiger partial charge < -0.3 is 14.4 Å². The SMILES string of the molecule is COC(=O)CC(c1ccc(C)c(OCC(=O)N(C)C)c1)c1ccc2c(c1)nnn2C. The third-order valence-electron chi connectivity index (χ3n) is 5.10. The van der Waals surface area contributed by atoms with Crippen molar-refractivity contribution in [2.24, 2.45) is 7.05 Å². The summed E-state index contributed by atoms with van der Waals surface area (Å²) in [4.78, 5) is 25.5. The number of benzene rings is 2. The second kappa shape index (κ2) is 8.94. The summed E-state index contributed by atoms with van der Waals surface area (Å²) in [6.45, 7) is 1.87. The molecule has 8 heteroatoms. The van der Waals surface area contributed by atoms with Gasteiger partial charge in [0.1, 0.15) is 11.3 Å². The molecular weight excluding hydrogens is 384 g/mol. The summed E-state index contributed by atoms with van der Waals surface area (Å²) in [6.07, 6.45) is 0.168. The van der Waals surface area contributed by atoms with Crippen LogP contribution in [0.1, 0.15) is 29.0 Å². The highest BCUT2D eigenvalue weighted by atomic mass is 16.5. The van der Waals surface area contributed by atoms with Crippen LogP contribution in [0, 0.1) is 6.92 Å². The van der Waals surface area contributed by atoms with Gasteiger partial charge in [-0.15, -0.1) is 5.10 Å². The van der Waals surface area contributed by atoms with Crippen molar-refractivity contribution in [1.82, 2.24) is 19.9 Å². The van der Waals surface area contributed by atoms with Crippen molar-refractivity contribution in [1.29, 1.82) is 0 Å². The van der Waals surface area contributed by atoms with Crippen LogP contribution in [0.25, 0.3) is 11.0 Å². The van der Waals surface area contributed by atoms with E-state index < -0.39 is 0 Å². The average molecular weight is 410 g/mol. The van der Waals surface area contributed by atoms with E-state index in [1.165, 1.54) is 12.0 Å². The Bertz CT molecular complexity index is 1070. The summed E-state index contributed by atoms with van der Waals surface area (Å²) in [7, 11) is 6.58. The van der Waals surface area contributed by atoms with Gasteiger partial charge in [0.15, 0.2) is 6.61 Å². The summed E-state index contributed by atoms with van der Waals surface area (Å²) >= 11 is 0. The number of nitrogens with zero attached hydrogens (tertiary/aromatic N) is 4. The molecule has 0 fully saturated rings. The second-order valence-corrected chi connectivity index (χ2v) is 7.40. The fourth-order valence-corrected chi connectivity index (χ4v) is 3.21. The Hall–Kier alpha value is -3.42.